The Kier molecular flexibility index (Phi) is 5.88. The predicted octanol–water partition coefficient (Wildman–Crippen LogP) is 4.76. The zero-order chi connectivity index (χ0) is 20.7. The molecule has 0 atom stereocenters. The number of rotatable bonds is 4. The first-order chi connectivity index (χ1) is 14.6. The van der Waals surface area contributed by atoms with Crippen LogP contribution in [0.5, 0.6) is 0 Å². The van der Waals surface area contributed by atoms with E-state index in [-0.39, 0.29) is 5.69 Å². The second-order valence-electron chi connectivity index (χ2n) is 8.76. The zero-order valence-electron chi connectivity index (χ0n) is 17.4. The van der Waals surface area contributed by atoms with Gasteiger partial charge in [0.15, 0.2) is 0 Å². The van der Waals surface area contributed by atoms with Crippen LogP contribution < -0.4 is 5.69 Å². The van der Waals surface area contributed by atoms with Gasteiger partial charge in [-0.15, -0.1) is 11.3 Å². The molecule has 0 saturated carbocycles. The minimum Gasteiger partial charge on any atom is -0.305 e. The number of nitrogens with zero attached hydrogens (tertiary/aromatic N) is 3. The molecule has 3 aromatic rings. The third-order valence-corrected chi connectivity index (χ3v) is 8.45. The van der Waals surface area contributed by atoms with E-state index in [1.165, 1.54) is 36.4 Å². The zero-order valence-corrected chi connectivity index (χ0v) is 19.8. The van der Waals surface area contributed by atoms with Crippen LogP contribution in [0.15, 0.2) is 38.9 Å². The van der Waals surface area contributed by atoms with E-state index in [1.54, 1.807) is 0 Å². The highest BCUT2D eigenvalue weighted by atomic mass is 79.9. The van der Waals surface area contributed by atoms with Crippen molar-refractivity contribution in [1.82, 2.24) is 19.4 Å². The fourth-order valence-electron chi connectivity index (χ4n) is 5.19. The molecule has 2 fully saturated rings. The maximum absolute atomic E-state index is 12.6. The number of halogens is 1. The summed E-state index contributed by atoms with van der Waals surface area (Å²) < 4.78 is 2.99. The van der Waals surface area contributed by atoms with Crippen LogP contribution in [-0.4, -0.2) is 51.6 Å². The number of likely N-dealkylation sites (tertiary alicyclic amines) is 2. The van der Waals surface area contributed by atoms with Gasteiger partial charge in [-0.2, -0.15) is 0 Å². The molecule has 1 aromatic carbocycles. The Balaban J connectivity index is 1.18. The molecule has 2 aliphatic rings. The summed E-state index contributed by atoms with van der Waals surface area (Å²) in [5, 5.41) is 2.21. The number of aromatic nitrogens is 2. The molecule has 0 bridgehead atoms. The lowest BCUT2D eigenvalue weighted by molar-refractivity contribution is 0.0772. The summed E-state index contributed by atoms with van der Waals surface area (Å²) in [5.41, 5.74) is 3.41. The summed E-state index contributed by atoms with van der Waals surface area (Å²) in [6.07, 6.45) is 4.63. The highest BCUT2D eigenvalue weighted by Gasteiger charge is 2.30. The van der Waals surface area contributed by atoms with Crippen molar-refractivity contribution in [1.29, 1.82) is 0 Å². The van der Waals surface area contributed by atoms with Crippen molar-refractivity contribution in [3.05, 3.63) is 55.0 Å². The van der Waals surface area contributed by atoms with Crippen molar-refractivity contribution in [2.24, 2.45) is 0 Å². The molecule has 5 rings (SSSR count). The number of thiophene rings is 1. The maximum Gasteiger partial charge on any atom is 0.326 e. The normalized spacial score (nSPS) is 20.3. The number of benzene rings is 1. The van der Waals surface area contributed by atoms with Gasteiger partial charge in [0.1, 0.15) is 0 Å². The van der Waals surface area contributed by atoms with Gasteiger partial charge in [-0.3, -0.25) is 9.47 Å². The van der Waals surface area contributed by atoms with E-state index in [4.69, 9.17) is 0 Å². The quantitative estimate of drug-likeness (QED) is 0.575. The number of aromatic amines is 1. The monoisotopic (exact) mass is 488 g/mol. The topological polar surface area (TPSA) is 44.3 Å². The average Bonchev–Trinajstić information content (AvgIpc) is 3.30. The molecule has 5 nitrogen and oxygen atoms in total. The van der Waals surface area contributed by atoms with Crippen LogP contribution in [0, 0.1) is 6.92 Å². The molecule has 0 radical (unpaired) electrons. The molecule has 0 spiro atoms. The van der Waals surface area contributed by atoms with Crippen molar-refractivity contribution in [2.75, 3.05) is 26.2 Å². The van der Waals surface area contributed by atoms with Gasteiger partial charge in [-0.25, -0.2) is 4.79 Å². The number of fused-ring (bicyclic) bond motifs is 1. The third-order valence-electron chi connectivity index (χ3n) is 6.95. The van der Waals surface area contributed by atoms with Crippen LogP contribution in [-0.2, 0) is 6.54 Å². The van der Waals surface area contributed by atoms with E-state index in [2.05, 4.69) is 55.2 Å². The van der Waals surface area contributed by atoms with Crippen molar-refractivity contribution in [3.63, 3.8) is 0 Å². The summed E-state index contributed by atoms with van der Waals surface area (Å²) in [6.45, 7) is 7.90. The number of aryl methyl sites for hydroxylation is 1. The molecule has 2 saturated heterocycles. The van der Waals surface area contributed by atoms with E-state index in [9.17, 15) is 4.79 Å². The van der Waals surface area contributed by atoms with E-state index < -0.39 is 0 Å². The number of piperidine rings is 2. The van der Waals surface area contributed by atoms with E-state index >= 15 is 0 Å². The molecule has 1 N–H and O–H groups in total. The lowest BCUT2D eigenvalue weighted by atomic mass is 9.97. The van der Waals surface area contributed by atoms with Gasteiger partial charge in [-0.05, 0) is 67.8 Å². The van der Waals surface area contributed by atoms with Gasteiger partial charge in [0, 0.05) is 54.2 Å². The Bertz CT molecular complexity index is 1070. The molecular weight excluding hydrogens is 460 g/mol. The van der Waals surface area contributed by atoms with Gasteiger partial charge in [-0.1, -0.05) is 15.9 Å². The lowest BCUT2D eigenvalue weighted by Crippen LogP contribution is -2.48. The minimum absolute atomic E-state index is 0.0266. The Morgan fingerprint density at radius 1 is 1.07 bits per heavy atom. The largest absolute Gasteiger partial charge is 0.326 e. The first-order valence-electron chi connectivity index (χ1n) is 11.0. The van der Waals surface area contributed by atoms with Gasteiger partial charge in [0.2, 0.25) is 0 Å². The summed E-state index contributed by atoms with van der Waals surface area (Å²) in [6, 6.07) is 9.29. The van der Waals surface area contributed by atoms with Crippen LogP contribution in [0.2, 0.25) is 0 Å². The summed E-state index contributed by atoms with van der Waals surface area (Å²) in [5.74, 6) is 0. The van der Waals surface area contributed by atoms with Crippen molar-refractivity contribution in [3.8, 4) is 0 Å². The maximum atomic E-state index is 12.6. The highest BCUT2D eigenvalue weighted by Crippen LogP contribution is 2.29. The number of hydrogen-bond donors (Lipinski definition) is 1. The Labute approximate surface area is 189 Å². The lowest BCUT2D eigenvalue weighted by Gasteiger charge is -2.42. The smallest absolute Gasteiger partial charge is 0.305 e. The second kappa shape index (κ2) is 8.61. The molecule has 2 aliphatic heterocycles. The molecule has 160 valence electrons. The fourth-order valence-corrected chi connectivity index (χ4v) is 6.50. The Morgan fingerprint density at radius 2 is 1.80 bits per heavy atom. The van der Waals surface area contributed by atoms with Crippen LogP contribution >= 0.6 is 27.3 Å². The summed E-state index contributed by atoms with van der Waals surface area (Å²) in [7, 11) is 0. The summed E-state index contributed by atoms with van der Waals surface area (Å²) >= 11 is 5.39. The molecule has 7 heteroatoms. The molecule has 0 unspecified atom stereocenters. The number of H-pyrrole nitrogens is 1. The average molecular weight is 489 g/mol. The van der Waals surface area contributed by atoms with E-state index in [0.717, 1.165) is 48.0 Å². The third kappa shape index (κ3) is 4.05. The van der Waals surface area contributed by atoms with E-state index in [0.29, 0.717) is 12.1 Å². The van der Waals surface area contributed by atoms with Crippen LogP contribution in [0.1, 0.15) is 42.2 Å². The van der Waals surface area contributed by atoms with Gasteiger partial charge in [0.05, 0.1) is 11.0 Å². The SMILES string of the molecule is Cc1ccsc1CN1CCC(N2CCC(n3c(=O)[nH]c4cc(Br)ccc43)CC2)CC1. The highest BCUT2D eigenvalue weighted by molar-refractivity contribution is 9.10. The molecule has 2 aromatic heterocycles. The van der Waals surface area contributed by atoms with Crippen LogP contribution in [0.4, 0.5) is 0 Å². The van der Waals surface area contributed by atoms with Gasteiger partial charge < -0.3 is 9.88 Å². The fraction of sp³-hybridized carbons (Fsp3) is 0.522. The number of hydrogen-bond acceptors (Lipinski definition) is 4. The van der Waals surface area contributed by atoms with E-state index in [1.807, 2.05) is 28.0 Å². The molecule has 30 heavy (non-hydrogen) atoms. The molecule has 0 amide bonds. The Morgan fingerprint density at radius 3 is 2.50 bits per heavy atom. The van der Waals surface area contributed by atoms with Crippen molar-refractivity contribution < 1.29 is 0 Å². The van der Waals surface area contributed by atoms with Crippen LogP contribution in [0.25, 0.3) is 11.0 Å². The van der Waals surface area contributed by atoms with Gasteiger partial charge >= 0.3 is 5.69 Å². The van der Waals surface area contributed by atoms with Crippen molar-refractivity contribution in [2.45, 2.75) is 51.2 Å². The molecular formula is C23H29BrN4OS. The van der Waals surface area contributed by atoms with Crippen molar-refractivity contribution >= 4 is 38.3 Å². The molecule has 0 aliphatic carbocycles. The summed E-state index contributed by atoms with van der Waals surface area (Å²) in [4.78, 5) is 22.4. The predicted molar refractivity (Wildman–Crippen MR) is 127 cm³/mol. The van der Waals surface area contributed by atoms with Crippen LogP contribution in [0.3, 0.4) is 0 Å². The number of imidazole rings is 1. The Hall–Kier alpha value is -1.41. The van der Waals surface area contributed by atoms with Gasteiger partial charge in [0.25, 0.3) is 0 Å². The second-order valence-corrected chi connectivity index (χ2v) is 10.7. The molecule has 4 heterocycles. The first-order valence-corrected chi connectivity index (χ1v) is 12.6. The minimum atomic E-state index is 0.0266. The number of nitrogens with one attached hydrogen (secondary N) is 1. The first kappa shape index (κ1) is 20.5. The standard InChI is InChI=1S/C23H29BrN4OS/c1-16-8-13-30-22(16)15-26-9-4-18(5-10-26)27-11-6-19(7-12-27)28-21-3-2-17(24)14-20(21)25-23(28)29/h2-3,8,13-14,18-19H,4-7,9-12,15H2,1H3,(H,25,29).